The van der Waals surface area contributed by atoms with E-state index in [1.807, 2.05) is 73.7 Å². The summed E-state index contributed by atoms with van der Waals surface area (Å²) in [5.74, 6) is 1.45. The van der Waals surface area contributed by atoms with E-state index in [4.69, 9.17) is 9.26 Å². The van der Waals surface area contributed by atoms with Crippen LogP contribution in [0.15, 0.2) is 83.4 Å². The van der Waals surface area contributed by atoms with Crippen molar-refractivity contribution < 1.29 is 14.1 Å². The number of rotatable bonds is 8. The maximum absolute atomic E-state index is 12.3. The summed E-state index contributed by atoms with van der Waals surface area (Å²) in [5, 5.41) is 6.92. The molecule has 0 atom stereocenters. The van der Waals surface area contributed by atoms with Crippen molar-refractivity contribution in [2.75, 3.05) is 11.9 Å². The van der Waals surface area contributed by atoms with Gasteiger partial charge in [-0.2, -0.15) is 4.98 Å². The molecule has 3 aromatic carbocycles. The van der Waals surface area contributed by atoms with Crippen molar-refractivity contribution >= 4 is 11.6 Å². The Morgan fingerprint density at radius 3 is 2.35 bits per heavy atom. The van der Waals surface area contributed by atoms with Crippen LogP contribution in [0.3, 0.4) is 0 Å². The van der Waals surface area contributed by atoms with Crippen LogP contribution in [0.4, 0.5) is 5.69 Å². The van der Waals surface area contributed by atoms with E-state index in [9.17, 15) is 4.79 Å². The van der Waals surface area contributed by atoms with Gasteiger partial charge < -0.3 is 14.6 Å². The van der Waals surface area contributed by atoms with Gasteiger partial charge in [0.2, 0.25) is 17.6 Å². The van der Waals surface area contributed by atoms with Crippen molar-refractivity contribution in [1.82, 2.24) is 10.1 Å². The Labute approximate surface area is 180 Å². The molecule has 1 amide bonds. The number of anilines is 1. The van der Waals surface area contributed by atoms with Gasteiger partial charge >= 0.3 is 0 Å². The molecule has 1 aromatic heterocycles. The SMILES string of the molecule is CCOc1ccccc1NC(=O)CCc1nc(-c2ccc(-c3ccccc3)cc2)no1. The van der Waals surface area contributed by atoms with Crippen molar-refractivity contribution in [3.8, 4) is 28.3 Å². The van der Waals surface area contributed by atoms with Gasteiger partial charge in [0.15, 0.2) is 0 Å². The van der Waals surface area contributed by atoms with Gasteiger partial charge in [0.25, 0.3) is 0 Å². The maximum atomic E-state index is 12.3. The summed E-state index contributed by atoms with van der Waals surface area (Å²) in [7, 11) is 0. The Hall–Kier alpha value is -3.93. The number of carbonyl (C=O) groups is 1. The van der Waals surface area contributed by atoms with Crippen molar-refractivity contribution in [2.45, 2.75) is 19.8 Å². The lowest BCUT2D eigenvalue weighted by Gasteiger charge is -2.10. The van der Waals surface area contributed by atoms with Crippen LogP contribution in [0.25, 0.3) is 22.5 Å². The fourth-order valence-electron chi connectivity index (χ4n) is 3.20. The molecule has 0 aliphatic rings. The minimum atomic E-state index is -0.140. The summed E-state index contributed by atoms with van der Waals surface area (Å²) in [4.78, 5) is 16.8. The number of para-hydroxylation sites is 2. The molecule has 0 aliphatic carbocycles. The Balaban J connectivity index is 1.36. The molecule has 156 valence electrons. The molecule has 0 saturated heterocycles. The number of nitrogens with one attached hydrogen (secondary N) is 1. The number of benzene rings is 3. The Kier molecular flexibility index (Phi) is 6.38. The first-order valence-electron chi connectivity index (χ1n) is 10.2. The molecule has 4 rings (SSSR count). The number of carbonyl (C=O) groups excluding carboxylic acids is 1. The van der Waals surface area contributed by atoms with E-state index in [-0.39, 0.29) is 12.3 Å². The standard InChI is InChI=1S/C25H23N3O3/c1-2-30-22-11-7-6-10-21(22)26-23(29)16-17-24-27-25(28-31-24)20-14-12-19(13-15-20)18-8-4-3-5-9-18/h3-15H,2,16-17H2,1H3,(H,26,29). The third kappa shape index (κ3) is 5.17. The van der Waals surface area contributed by atoms with Gasteiger partial charge in [-0.15, -0.1) is 0 Å². The predicted octanol–water partition coefficient (Wildman–Crippen LogP) is 5.37. The number of aryl methyl sites for hydroxylation is 1. The third-order valence-corrected chi connectivity index (χ3v) is 4.75. The summed E-state index contributed by atoms with van der Waals surface area (Å²) in [6, 6.07) is 25.5. The fourth-order valence-corrected chi connectivity index (χ4v) is 3.20. The number of amides is 1. The van der Waals surface area contributed by atoms with Gasteiger partial charge in [-0.1, -0.05) is 71.9 Å². The molecule has 0 saturated carbocycles. The second-order valence-corrected chi connectivity index (χ2v) is 6.93. The van der Waals surface area contributed by atoms with Gasteiger partial charge in [-0.25, -0.2) is 0 Å². The number of hydrogen-bond donors (Lipinski definition) is 1. The quantitative estimate of drug-likeness (QED) is 0.420. The van der Waals surface area contributed by atoms with E-state index in [1.54, 1.807) is 0 Å². The molecular formula is C25H23N3O3. The normalized spacial score (nSPS) is 10.6. The Bertz CT molecular complexity index is 1140. The number of ether oxygens (including phenoxy) is 1. The second-order valence-electron chi connectivity index (χ2n) is 6.93. The molecular weight excluding hydrogens is 390 g/mol. The molecule has 1 heterocycles. The topological polar surface area (TPSA) is 77.2 Å². The summed E-state index contributed by atoms with van der Waals surface area (Å²) in [6.45, 7) is 2.44. The molecule has 6 heteroatoms. The average molecular weight is 413 g/mol. The largest absolute Gasteiger partial charge is 0.492 e. The van der Waals surface area contributed by atoms with Gasteiger partial charge in [-0.05, 0) is 30.2 Å². The molecule has 0 radical (unpaired) electrons. The smallest absolute Gasteiger partial charge is 0.227 e. The molecule has 0 unspecified atom stereocenters. The minimum absolute atomic E-state index is 0.140. The van der Waals surface area contributed by atoms with Crippen molar-refractivity contribution in [1.29, 1.82) is 0 Å². The summed E-state index contributed by atoms with van der Waals surface area (Å²) in [6.07, 6.45) is 0.590. The van der Waals surface area contributed by atoms with E-state index in [0.717, 1.165) is 16.7 Å². The molecule has 0 bridgehead atoms. The first-order chi connectivity index (χ1) is 15.2. The highest BCUT2D eigenvalue weighted by molar-refractivity contribution is 5.92. The number of hydrogen-bond acceptors (Lipinski definition) is 5. The van der Waals surface area contributed by atoms with Crippen molar-refractivity contribution in [3.05, 3.63) is 84.8 Å². The predicted molar refractivity (Wildman–Crippen MR) is 120 cm³/mol. The van der Waals surface area contributed by atoms with Crippen LogP contribution in [-0.4, -0.2) is 22.7 Å². The van der Waals surface area contributed by atoms with Crippen LogP contribution in [0, 0.1) is 0 Å². The van der Waals surface area contributed by atoms with Crippen LogP contribution >= 0.6 is 0 Å². The fraction of sp³-hybridized carbons (Fsp3) is 0.160. The molecule has 6 nitrogen and oxygen atoms in total. The molecule has 0 aliphatic heterocycles. The number of nitrogens with zero attached hydrogens (tertiary/aromatic N) is 2. The lowest BCUT2D eigenvalue weighted by atomic mass is 10.0. The molecule has 0 spiro atoms. The average Bonchev–Trinajstić information content (AvgIpc) is 3.29. The lowest BCUT2D eigenvalue weighted by Crippen LogP contribution is -2.13. The van der Waals surface area contributed by atoms with Crippen molar-refractivity contribution in [2.24, 2.45) is 0 Å². The minimum Gasteiger partial charge on any atom is -0.492 e. The van der Waals surface area contributed by atoms with E-state index in [1.165, 1.54) is 0 Å². The molecule has 4 aromatic rings. The number of aromatic nitrogens is 2. The highest BCUT2D eigenvalue weighted by atomic mass is 16.5. The monoisotopic (exact) mass is 413 g/mol. The van der Waals surface area contributed by atoms with E-state index < -0.39 is 0 Å². The first kappa shape index (κ1) is 20.3. The summed E-state index contributed by atoms with van der Waals surface area (Å²) < 4.78 is 10.9. The van der Waals surface area contributed by atoms with Crippen LogP contribution in [-0.2, 0) is 11.2 Å². The van der Waals surface area contributed by atoms with Gasteiger partial charge in [0, 0.05) is 18.4 Å². The van der Waals surface area contributed by atoms with Crippen LogP contribution < -0.4 is 10.1 Å². The van der Waals surface area contributed by atoms with Gasteiger partial charge in [0.05, 0.1) is 12.3 Å². The van der Waals surface area contributed by atoms with Crippen LogP contribution in [0.5, 0.6) is 5.75 Å². The Morgan fingerprint density at radius 2 is 1.58 bits per heavy atom. The molecule has 1 N–H and O–H groups in total. The molecule has 31 heavy (non-hydrogen) atoms. The van der Waals surface area contributed by atoms with Crippen molar-refractivity contribution in [3.63, 3.8) is 0 Å². The zero-order chi connectivity index (χ0) is 21.5. The van der Waals surface area contributed by atoms with Crippen LogP contribution in [0.1, 0.15) is 19.2 Å². The highest BCUT2D eigenvalue weighted by Crippen LogP contribution is 2.25. The van der Waals surface area contributed by atoms with Crippen LogP contribution in [0.2, 0.25) is 0 Å². The van der Waals surface area contributed by atoms with E-state index in [2.05, 4.69) is 27.6 Å². The second kappa shape index (κ2) is 9.71. The highest BCUT2D eigenvalue weighted by Gasteiger charge is 2.12. The third-order valence-electron chi connectivity index (χ3n) is 4.75. The summed E-state index contributed by atoms with van der Waals surface area (Å²) in [5.41, 5.74) is 3.79. The zero-order valence-electron chi connectivity index (χ0n) is 17.2. The van der Waals surface area contributed by atoms with Gasteiger partial charge in [0.1, 0.15) is 5.75 Å². The Morgan fingerprint density at radius 1 is 0.903 bits per heavy atom. The van der Waals surface area contributed by atoms with Gasteiger partial charge in [-0.3, -0.25) is 4.79 Å². The van der Waals surface area contributed by atoms with E-state index in [0.29, 0.717) is 36.2 Å². The van der Waals surface area contributed by atoms with E-state index >= 15 is 0 Å². The zero-order valence-corrected chi connectivity index (χ0v) is 17.2. The first-order valence-corrected chi connectivity index (χ1v) is 10.2. The summed E-state index contributed by atoms with van der Waals surface area (Å²) >= 11 is 0. The maximum Gasteiger partial charge on any atom is 0.227 e. The molecule has 0 fully saturated rings. The lowest BCUT2D eigenvalue weighted by molar-refractivity contribution is -0.116.